The molecule has 0 amide bonds. The summed E-state index contributed by atoms with van der Waals surface area (Å²) in [5.41, 5.74) is 0. The van der Waals surface area contributed by atoms with Crippen molar-refractivity contribution in [2.24, 2.45) is 0 Å². The largest absolute Gasteiger partial charge is 0.373 e. The van der Waals surface area contributed by atoms with Crippen molar-refractivity contribution in [3.8, 4) is 0 Å². The van der Waals surface area contributed by atoms with Crippen molar-refractivity contribution in [1.82, 2.24) is 14.9 Å². The van der Waals surface area contributed by atoms with Crippen LogP contribution in [0.1, 0.15) is 12.8 Å². The predicted octanol–water partition coefficient (Wildman–Crippen LogP) is 1.52. The van der Waals surface area contributed by atoms with E-state index in [0.717, 1.165) is 42.5 Å². The van der Waals surface area contributed by atoms with Crippen LogP contribution in [0.5, 0.6) is 0 Å². The van der Waals surface area contributed by atoms with E-state index in [1.165, 1.54) is 19.4 Å². The van der Waals surface area contributed by atoms with Gasteiger partial charge in [-0.15, -0.1) is 0 Å². The van der Waals surface area contributed by atoms with Crippen LogP contribution in [0.4, 0.5) is 11.6 Å². The molecular weight excluding hydrogens is 258 g/mol. The maximum atomic E-state index is 4.66. The molecule has 0 radical (unpaired) electrons. The van der Waals surface area contributed by atoms with E-state index in [0.29, 0.717) is 0 Å². The SMILES string of the molecule is CNc1cc(N2CCN3CCCC3C2)nc(SC)n1. The van der Waals surface area contributed by atoms with Gasteiger partial charge in [0.25, 0.3) is 0 Å². The molecule has 1 atom stereocenters. The molecule has 1 unspecified atom stereocenters. The summed E-state index contributed by atoms with van der Waals surface area (Å²) in [7, 11) is 1.91. The number of piperazine rings is 1. The van der Waals surface area contributed by atoms with Gasteiger partial charge in [-0.1, -0.05) is 11.8 Å². The maximum Gasteiger partial charge on any atom is 0.191 e. The van der Waals surface area contributed by atoms with E-state index in [2.05, 4.69) is 31.2 Å². The predicted molar refractivity (Wildman–Crippen MR) is 80.2 cm³/mol. The molecule has 1 aromatic heterocycles. The van der Waals surface area contributed by atoms with Gasteiger partial charge in [0, 0.05) is 38.8 Å². The average molecular weight is 279 g/mol. The molecule has 19 heavy (non-hydrogen) atoms. The van der Waals surface area contributed by atoms with Gasteiger partial charge in [-0.2, -0.15) is 0 Å². The first-order valence-electron chi connectivity index (χ1n) is 6.90. The number of hydrogen-bond donors (Lipinski definition) is 1. The van der Waals surface area contributed by atoms with Gasteiger partial charge in [0.2, 0.25) is 0 Å². The van der Waals surface area contributed by atoms with E-state index >= 15 is 0 Å². The molecule has 1 aromatic rings. The van der Waals surface area contributed by atoms with Gasteiger partial charge in [0.1, 0.15) is 11.6 Å². The van der Waals surface area contributed by atoms with Gasteiger partial charge in [-0.3, -0.25) is 4.90 Å². The Morgan fingerprint density at radius 3 is 3.00 bits per heavy atom. The molecule has 0 saturated carbocycles. The molecule has 1 N–H and O–H groups in total. The zero-order valence-corrected chi connectivity index (χ0v) is 12.4. The quantitative estimate of drug-likeness (QED) is 0.668. The van der Waals surface area contributed by atoms with E-state index in [9.17, 15) is 0 Å². The van der Waals surface area contributed by atoms with Crippen LogP contribution >= 0.6 is 11.8 Å². The van der Waals surface area contributed by atoms with E-state index < -0.39 is 0 Å². The van der Waals surface area contributed by atoms with Crippen LogP contribution in [0.15, 0.2) is 11.2 Å². The fourth-order valence-corrected chi connectivity index (χ4v) is 3.37. The zero-order valence-electron chi connectivity index (χ0n) is 11.6. The highest BCUT2D eigenvalue weighted by Gasteiger charge is 2.31. The summed E-state index contributed by atoms with van der Waals surface area (Å²) in [5, 5.41) is 3.97. The number of rotatable bonds is 3. The summed E-state index contributed by atoms with van der Waals surface area (Å²) >= 11 is 1.60. The molecule has 104 valence electrons. The lowest BCUT2D eigenvalue weighted by Gasteiger charge is -2.38. The second-order valence-electron chi connectivity index (χ2n) is 5.13. The Bertz CT molecular complexity index is 430. The first kappa shape index (κ1) is 13.0. The first-order valence-corrected chi connectivity index (χ1v) is 8.12. The highest BCUT2D eigenvalue weighted by atomic mass is 32.2. The van der Waals surface area contributed by atoms with Crippen molar-refractivity contribution in [2.75, 3.05) is 49.7 Å². The molecule has 2 aliphatic heterocycles. The van der Waals surface area contributed by atoms with E-state index in [-0.39, 0.29) is 0 Å². The summed E-state index contributed by atoms with van der Waals surface area (Å²) in [6, 6.07) is 2.78. The van der Waals surface area contributed by atoms with Crippen LogP contribution in [0.2, 0.25) is 0 Å². The molecule has 3 heterocycles. The Morgan fingerprint density at radius 1 is 1.32 bits per heavy atom. The van der Waals surface area contributed by atoms with Crippen molar-refractivity contribution >= 4 is 23.4 Å². The lowest BCUT2D eigenvalue weighted by atomic mass is 10.1. The second kappa shape index (κ2) is 5.54. The molecule has 0 spiro atoms. The summed E-state index contributed by atoms with van der Waals surface area (Å²) in [6.07, 6.45) is 4.70. The minimum atomic E-state index is 0.722. The van der Waals surface area contributed by atoms with Crippen LogP contribution in [-0.4, -0.2) is 60.4 Å². The third-order valence-corrected chi connectivity index (χ3v) is 4.59. The number of hydrogen-bond acceptors (Lipinski definition) is 6. The molecule has 6 heteroatoms. The van der Waals surface area contributed by atoms with Gasteiger partial charge in [-0.25, -0.2) is 9.97 Å². The van der Waals surface area contributed by atoms with Crippen LogP contribution in [0.3, 0.4) is 0 Å². The molecule has 2 fully saturated rings. The third-order valence-electron chi connectivity index (χ3n) is 4.04. The molecule has 0 aliphatic carbocycles. The molecule has 3 rings (SSSR count). The number of nitrogens with zero attached hydrogens (tertiary/aromatic N) is 4. The Hall–Kier alpha value is -1.01. The van der Waals surface area contributed by atoms with Crippen molar-refractivity contribution < 1.29 is 0 Å². The molecular formula is C13H21N5S. The Morgan fingerprint density at radius 2 is 2.21 bits per heavy atom. The zero-order chi connectivity index (χ0) is 13.2. The maximum absolute atomic E-state index is 4.66. The van der Waals surface area contributed by atoms with Gasteiger partial charge in [-0.05, 0) is 25.6 Å². The monoisotopic (exact) mass is 279 g/mol. The minimum absolute atomic E-state index is 0.722. The molecule has 0 aromatic carbocycles. The molecule has 2 aliphatic rings. The lowest BCUT2D eigenvalue weighted by Crippen LogP contribution is -2.50. The lowest BCUT2D eigenvalue weighted by molar-refractivity contribution is 0.230. The smallest absolute Gasteiger partial charge is 0.191 e. The van der Waals surface area contributed by atoms with Crippen molar-refractivity contribution in [3.63, 3.8) is 0 Å². The van der Waals surface area contributed by atoms with Crippen LogP contribution in [0, 0.1) is 0 Å². The summed E-state index contributed by atoms with van der Waals surface area (Å²) in [4.78, 5) is 14.1. The standard InChI is InChI=1S/C13H21N5S/c1-14-11-8-12(16-13(15-11)19-2)18-7-6-17-5-3-4-10(17)9-18/h8,10H,3-7,9H2,1-2H3,(H,14,15,16). The normalized spacial score (nSPS) is 23.5. The Kier molecular flexibility index (Phi) is 3.79. The summed E-state index contributed by atoms with van der Waals surface area (Å²) in [6.45, 7) is 4.62. The highest BCUT2D eigenvalue weighted by Crippen LogP contribution is 2.26. The minimum Gasteiger partial charge on any atom is -0.373 e. The topological polar surface area (TPSA) is 44.3 Å². The van der Waals surface area contributed by atoms with Gasteiger partial charge in [0.05, 0.1) is 0 Å². The Balaban J connectivity index is 1.81. The fraction of sp³-hybridized carbons (Fsp3) is 0.692. The number of nitrogens with one attached hydrogen (secondary N) is 1. The number of thioether (sulfide) groups is 1. The van der Waals surface area contributed by atoms with Gasteiger partial charge < -0.3 is 10.2 Å². The van der Waals surface area contributed by atoms with E-state index in [1.807, 2.05) is 13.3 Å². The van der Waals surface area contributed by atoms with Gasteiger partial charge >= 0.3 is 0 Å². The summed E-state index contributed by atoms with van der Waals surface area (Å²) < 4.78 is 0. The number of fused-ring (bicyclic) bond motifs is 1. The van der Waals surface area contributed by atoms with E-state index in [1.54, 1.807) is 11.8 Å². The van der Waals surface area contributed by atoms with Gasteiger partial charge in [0.15, 0.2) is 5.16 Å². The first-order chi connectivity index (χ1) is 9.30. The van der Waals surface area contributed by atoms with Crippen molar-refractivity contribution in [3.05, 3.63) is 6.07 Å². The van der Waals surface area contributed by atoms with Crippen molar-refractivity contribution in [2.45, 2.75) is 24.0 Å². The second-order valence-corrected chi connectivity index (χ2v) is 5.90. The average Bonchev–Trinajstić information content (AvgIpc) is 2.94. The van der Waals surface area contributed by atoms with Crippen molar-refractivity contribution in [1.29, 1.82) is 0 Å². The molecule has 5 nitrogen and oxygen atoms in total. The van der Waals surface area contributed by atoms with E-state index in [4.69, 9.17) is 0 Å². The highest BCUT2D eigenvalue weighted by molar-refractivity contribution is 7.98. The van der Waals surface area contributed by atoms with Crippen LogP contribution in [0.25, 0.3) is 0 Å². The number of aromatic nitrogens is 2. The summed E-state index contributed by atoms with van der Waals surface area (Å²) in [5.74, 6) is 1.97. The Labute approximate surface area is 118 Å². The molecule has 2 saturated heterocycles. The van der Waals surface area contributed by atoms with Crippen LogP contribution in [-0.2, 0) is 0 Å². The third kappa shape index (κ3) is 2.65. The van der Waals surface area contributed by atoms with Crippen LogP contribution < -0.4 is 10.2 Å². The molecule has 0 bridgehead atoms. The number of anilines is 2. The fourth-order valence-electron chi connectivity index (χ4n) is 2.99.